The lowest BCUT2D eigenvalue weighted by molar-refractivity contribution is -0.139. The second-order valence-corrected chi connectivity index (χ2v) is 5.33. The summed E-state index contributed by atoms with van der Waals surface area (Å²) >= 11 is 1.26. The standard InChI is InChI=1S/C12H11FN2O3S/c13-7-2-1-3-9-10(7)15-12(19-9)18-6-4-8(11(16)17)14-5-6/h1-3,6,8,14H,4-5H2,(H,16,17). The summed E-state index contributed by atoms with van der Waals surface area (Å²) in [5.74, 6) is -1.27. The minimum Gasteiger partial charge on any atom is -0.480 e. The fourth-order valence-electron chi connectivity index (χ4n) is 2.07. The zero-order chi connectivity index (χ0) is 13.4. The van der Waals surface area contributed by atoms with Crippen LogP contribution in [0.15, 0.2) is 18.2 Å². The molecule has 0 saturated carbocycles. The van der Waals surface area contributed by atoms with E-state index in [1.165, 1.54) is 17.4 Å². The molecular formula is C12H11FN2O3S. The number of hydrogen-bond donors (Lipinski definition) is 2. The number of para-hydroxylation sites is 1. The second kappa shape index (κ2) is 4.75. The van der Waals surface area contributed by atoms with Gasteiger partial charge in [-0.25, -0.2) is 4.39 Å². The summed E-state index contributed by atoms with van der Waals surface area (Å²) in [5, 5.41) is 12.1. The topological polar surface area (TPSA) is 71.5 Å². The van der Waals surface area contributed by atoms with Crippen molar-refractivity contribution in [1.29, 1.82) is 0 Å². The number of ether oxygens (including phenoxy) is 1. The number of fused-ring (bicyclic) bond motifs is 1. The molecule has 2 atom stereocenters. The first-order valence-electron chi connectivity index (χ1n) is 5.81. The van der Waals surface area contributed by atoms with Crippen molar-refractivity contribution < 1.29 is 19.0 Å². The molecule has 1 aliphatic heterocycles. The van der Waals surface area contributed by atoms with Crippen LogP contribution in [0.5, 0.6) is 5.19 Å². The van der Waals surface area contributed by atoms with Crippen molar-refractivity contribution in [3.8, 4) is 5.19 Å². The van der Waals surface area contributed by atoms with Gasteiger partial charge in [-0.15, -0.1) is 0 Å². The van der Waals surface area contributed by atoms with E-state index >= 15 is 0 Å². The van der Waals surface area contributed by atoms with Crippen LogP contribution >= 0.6 is 11.3 Å². The number of nitrogens with one attached hydrogen (secondary N) is 1. The fourth-order valence-corrected chi connectivity index (χ4v) is 2.96. The monoisotopic (exact) mass is 282 g/mol. The fraction of sp³-hybridized carbons (Fsp3) is 0.333. The highest BCUT2D eigenvalue weighted by molar-refractivity contribution is 7.20. The SMILES string of the molecule is O=C(O)C1CC(Oc2nc3c(F)cccc3s2)CN1. The molecule has 0 amide bonds. The molecule has 7 heteroatoms. The Balaban J connectivity index is 1.76. The number of thiazole rings is 1. The van der Waals surface area contributed by atoms with Gasteiger partial charge in [0.15, 0.2) is 0 Å². The van der Waals surface area contributed by atoms with E-state index in [0.717, 1.165) is 4.70 Å². The molecule has 100 valence electrons. The molecule has 0 bridgehead atoms. The van der Waals surface area contributed by atoms with Gasteiger partial charge in [0.2, 0.25) is 0 Å². The van der Waals surface area contributed by atoms with E-state index in [4.69, 9.17) is 9.84 Å². The summed E-state index contributed by atoms with van der Waals surface area (Å²) in [4.78, 5) is 14.9. The molecule has 2 heterocycles. The smallest absolute Gasteiger partial charge is 0.320 e. The third-order valence-corrected chi connectivity index (χ3v) is 3.92. The first kappa shape index (κ1) is 12.3. The van der Waals surface area contributed by atoms with Gasteiger partial charge in [0, 0.05) is 13.0 Å². The number of aliphatic carboxylic acids is 1. The molecule has 2 aromatic rings. The molecule has 0 radical (unpaired) electrons. The Morgan fingerprint density at radius 1 is 1.58 bits per heavy atom. The van der Waals surface area contributed by atoms with Gasteiger partial charge in [0.25, 0.3) is 5.19 Å². The molecule has 1 saturated heterocycles. The van der Waals surface area contributed by atoms with Gasteiger partial charge < -0.3 is 15.2 Å². The van der Waals surface area contributed by atoms with E-state index in [1.54, 1.807) is 12.1 Å². The zero-order valence-corrected chi connectivity index (χ0v) is 10.6. The van der Waals surface area contributed by atoms with Gasteiger partial charge in [-0.05, 0) is 12.1 Å². The third-order valence-electron chi connectivity index (χ3n) is 3.01. The Hall–Kier alpha value is -1.73. The van der Waals surface area contributed by atoms with Crippen molar-refractivity contribution in [2.24, 2.45) is 0 Å². The number of rotatable bonds is 3. The number of nitrogens with zero attached hydrogens (tertiary/aromatic N) is 1. The van der Waals surface area contributed by atoms with E-state index in [1.807, 2.05) is 0 Å². The van der Waals surface area contributed by atoms with E-state index in [-0.39, 0.29) is 11.9 Å². The van der Waals surface area contributed by atoms with Crippen molar-refractivity contribution in [2.45, 2.75) is 18.6 Å². The second-order valence-electron chi connectivity index (χ2n) is 4.34. The van der Waals surface area contributed by atoms with Crippen molar-refractivity contribution in [2.75, 3.05) is 6.54 Å². The zero-order valence-electron chi connectivity index (χ0n) is 9.80. The number of carboxylic acid groups (broad SMARTS) is 1. The van der Waals surface area contributed by atoms with Gasteiger partial charge in [0.05, 0.1) is 4.70 Å². The van der Waals surface area contributed by atoms with E-state index < -0.39 is 12.0 Å². The summed E-state index contributed by atoms with van der Waals surface area (Å²) in [7, 11) is 0. The lowest BCUT2D eigenvalue weighted by Crippen LogP contribution is -2.30. The average molecular weight is 282 g/mol. The third kappa shape index (κ3) is 2.39. The highest BCUT2D eigenvalue weighted by atomic mass is 32.1. The number of benzene rings is 1. The summed E-state index contributed by atoms with van der Waals surface area (Å²) in [6.45, 7) is 0.454. The van der Waals surface area contributed by atoms with E-state index in [0.29, 0.717) is 23.7 Å². The summed E-state index contributed by atoms with van der Waals surface area (Å²) in [6.07, 6.45) is 0.137. The minimum atomic E-state index is -0.888. The van der Waals surface area contributed by atoms with Crippen molar-refractivity contribution in [3.63, 3.8) is 0 Å². The first-order valence-corrected chi connectivity index (χ1v) is 6.63. The molecule has 5 nitrogen and oxygen atoms in total. The first-order chi connectivity index (χ1) is 9.13. The molecule has 19 heavy (non-hydrogen) atoms. The van der Waals surface area contributed by atoms with Gasteiger partial charge in [-0.1, -0.05) is 17.4 Å². The molecular weight excluding hydrogens is 271 g/mol. The van der Waals surface area contributed by atoms with Crippen LogP contribution in [0.2, 0.25) is 0 Å². The highest BCUT2D eigenvalue weighted by Crippen LogP contribution is 2.30. The maximum absolute atomic E-state index is 13.5. The van der Waals surface area contributed by atoms with Gasteiger partial charge >= 0.3 is 5.97 Å². The predicted octanol–water partition coefficient (Wildman–Crippen LogP) is 1.63. The van der Waals surface area contributed by atoms with E-state index in [2.05, 4.69) is 10.3 Å². The highest BCUT2D eigenvalue weighted by Gasteiger charge is 2.31. The molecule has 3 rings (SSSR count). The molecule has 1 fully saturated rings. The van der Waals surface area contributed by atoms with Crippen molar-refractivity contribution in [1.82, 2.24) is 10.3 Å². The van der Waals surface area contributed by atoms with E-state index in [9.17, 15) is 9.18 Å². The average Bonchev–Trinajstić information content (AvgIpc) is 2.96. The summed E-state index contributed by atoms with van der Waals surface area (Å²) in [6, 6.07) is 4.16. The maximum Gasteiger partial charge on any atom is 0.320 e. The number of carboxylic acids is 1. The lowest BCUT2D eigenvalue weighted by Gasteiger charge is -2.08. The van der Waals surface area contributed by atoms with Crippen LogP contribution in [-0.2, 0) is 4.79 Å². The molecule has 2 unspecified atom stereocenters. The Morgan fingerprint density at radius 2 is 2.42 bits per heavy atom. The molecule has 1 aliphatic rings. The van der Waals surface area contributed by atoms with Crippen LogP contribution < -0.4 is 10.1 Å². The van der Waals surface area contributed by atoms with Crippen LogP contribution in [0.1, 0.15) is 6.42 Å². The molecule has 2 N–H and O–H groups in total. The van der Waals surface area contributed by atoms with Gasteiger partial charge in [-0.2, -0.15) is 4.98 Å². The Kier molecular flexibility index (Phi) is 3.08. The lowest BCUT2D eigenvalue weighted by atomic mass is 10.2. The van der Waals surface area contributed by atoms with Crippen LogP contribution in [-0.4, -0.2) is 34.8 Å². The number of aromatic nitrogens is 1. The number of hydrogen-bond acceptors (Lipinski definition) is 5. The largest absolute Gasteiger partial charge is 0.480 e. The summed E-state index contributed by atoms with van der Waals surface area (Å²) in [5.41, 5.74) is 0.295. The van der Waals surface area contributed by atoms with Gasteiger partial charge in [0.1, 0.15) is 23.5 Å². The van der Waals surface area contributed by atoms with Crippen LogP contribution in [0.25, 0.3) is 10.2 Å². The Bertz CT molecular complexity index is 630. The number of halogens is 1. The maximum atomic E-state index is 13.5. The Morgan fingerprint density at radius 3 is 3.11 bits per heavy atom. The predicted molar refractivity (Wildman–Crippen MR) is 68.0 cm³/mol. The van der Waals surface area contributed by atoms with Crippen molar-refractivity contribution >= 4 is 27.5 Å². The number of carbonyl (C=O) groups is 1. The molecule has 1 aromatic heterocycles. The van der Waals surface area contributed by atoms with Crippen LogP contribution in [0.3, 0.4) is 0 Å². The Labute approximate surface area is 112 Å². The van der Waals surface area contributed by atoms with Crippen LogP contribution in [0, 0.1) is 5.82 Å². The molecule has 0 aliphatic carbocycles. The van der Waals surface area contributed by atoms with Crippen molar-refractivity contribution in [3.05, 3.63) is 24.0 Å². The minimum absolute atomic E-state index is 0.246. The molecule has 1 aromatic carbocycles. The molecule has 0 spiro atoms. The summed E-state index contributed by atoms with van der Waals surface area (Å²) < 4.78 is 19.8. The van der Waals surface area contributed by atoms with Gasteiger partial charge in [-0.3, -0.25) is 4.79 Å². The quantitative estimate of drug-likeness (QED) is 0.895. The normalized spacial score (nSPS) is 22.8. The van der Waals surface area contributed by atoms with Crippen LogP contribution in [0.4, 0.5) is 4.39 Å².